The van der Waals surface area contributed by atoms with Gasteiger partial charge < -0.3 is 41.5 Å². The summed E-state index contributed by atoms with van der Waals surface area (Å²) >= 11 is 0. The third-order valence-corrected chi connectivity index (χ3v) is 18.1. The van der Waals surface area contributed by atoms with Gasteiger partial charge in [0.25, 0.3) is 0 Å². The Morgan fingerprint density at radius 3 is 0.556 bits per heavy atom. The minimum Gasteiger partial charge on any atom is -0.343 e. The second-order valence-electron chi connectivity index (χ2n) is 26.3. The first kappa shape index (κ1) is 92.7. The molecular weight excluding hydrogens is 1490 g/mol. The molecule has 6 radical (unpaired) electrons. The topological polar surface area (TPSA) is 0 Å². The van der Waals surface area contributed by atoms with Gasteiger partial charge >= 0.3 is 0 Å². The van der Waals surface area contributed by atoms with Crippen LogP contribution in [0.2, 0.25) is 13.1 Å². The standard InChI is InChI=1S/4C20H15.C6H12.4C4H9.2CH3Si.2Zr/c4*1-14-12-16-8-5-11-19(20(16)13-14)18-10-4-7-15-6-2-3-9-17(15)18;1-3-5-6-4-2;4*1-3-4-2;2*1-2;;/h4*2-13H,1H3;1-6H2;4*1,3-4H2,2H3;2*1H3;;/q4*-1;-2;4*-1;;;;. The molecule has 0 atom stereocenters. The van der Waals surface area contributed by atoms with Crippen LogP contribution in [0, 0.1) is 69.2 Å². The minimum absolute atomic E-state index is 0. The van der Waals surface area contributed by atoms with Crippen molar-refractivity contribution in [3.63, 3.8) is 0 Å². The second-order valence-corrected chi connectivity index (χ2v) is 26.3. The quantitative estimate of drug-likeness (QED) is 0.0688. The van der Waals surface area contributed by atoms with Gasteiger partial charge in [-0.3, -0.25) is 0 Å². The normalized spacial score (nSPS) is 10.1. The monoisotopic (exact) mass is 1600 g/mol. The van der Waals surface area contributed by atoms with E-state index >= 15 is 0 Å². The summed E-state index contributed by atoms with van der Waals surface area (Å²) in [6.45, 7) is 42.5. The van der Waals surface area contributed by atoms with Gasteiger partial charge in [0, 0.05) is 72.9 Å². The molecule has 4 heteroatoms. The SMILES string of the molecule is C[Si].C[Si].Cc1cc2c(-c3cccc4ccccc34)cccc2[cH-]1.Cc1cc2c(-c3cccc4ccccc34)cccc2[cH-]1.Cc1cc2c(-c3cccc4ccccc34)cccc2[cH-]1.Cc1cc2c(-c3cccc4ccccc34)cccc2[cH-]1.[CH2-]CCC.[CH2-]CCC.[CH2-]CCC.[CH2-]CCC.[CH2-]CCCC[CH2-].[Zr].[Zr]. The van der Waals surface area contributed by atoms with Crippen LogP contribution in [0.15, 0.2) is 291 Å². The maximum atomic E-state index is 3.70. The first-order valence-electron chi connectivity index (χ1n) is 38.2. The molecule has 0 heterocycles. The molecule has 0 nitrogen and oxygen atoms in total. The van der Waals surface area contributed by atoms with E-state index in [9.17, 15) is 0 Å². The summed E-state index contributed by atoms with van der Waals surface area (Å²) in [6.07, 6.45) is 13.7. The smallest absolute Gasteiger partial charge is 0.0184 e. The van der Waals surface area contributed by atoms with Gasteiger partial charge in [0.15, 0.2) is 0 Å². The number of hydrogen-bond donors (Lipinski definition) is 0. The van der Waals surface area contributed by atoms with E-state index in [1.807, 2.05) is 0 Å². The van der Waals surface area contributed by atoms with Crippen molar-refractivity contribution in [1.29, 1.82) is 0 Å². The van der Waals surface area contributed by atoms with Crippen molar-refractivity contribution in [2.24, 2.45) is 0 Å². The molecule has 0 amide bonds. The zero-order valence-corrected chi connectivity index (χ0v) is 73.4. The van der Waals surface area contributed by atoms with Gasteiger partial charge in [-0.1, -0.05) is 323 Å². The molecule has 16 rings (SSSR count). The summed E-state index contributed by atoms with van der Waals surface area (Å²) < 4.78 is 0. The minimum atomic E-state index is 0. The second kappa shape index (κ2) is 51.7. The first-order valence-corrected chi connectivity index (χ1v) is 40.2. The van der Waals surface area contributed by atoms with Crippen LogP contribution in [0.5, 0.6) is 0 Å². The number of rotatable bonds is 11. The number of benzene rings is 12. The Morgan fingerprint density at radius 1 is 0.222 bits per heavy atom. The van der Waals surface area contributed by atoms with E-state index in [2.05, 4.69) is 409 Å². The summed E-state index contributed by atoms with van der Waals surface area (Å²) in [4.78, 5) is 0. The fraction of sp³-hybridized carbons (Fsp3) is 0.212. The van der Waals surface area contributed by atoms with E-state index in [4.69, 9.17) is 0 Å². The van der Waals surface area contributed by atoms with E-state index < -0.39 is 0 Å². The van der Waals surface area contributed by atoms with Gasteiger partial charge in [0.05, 0.1) is 0 Å². The first-order chi connectivity index (χ1) is 51.9. The largest absolute Gasteiger partial charge is 0.343 e. The van der Waals surface area contributed by atoms with E-state index in [1.54, 1.807) is 13.1 Å². The van der Waals surface area contributed by atoms with Gasteiger partial charge in [0.2, 0.25) is 0 Å². The zero-order chi connectivity index (χ0) is 76.6. The van der Waals surface area contributed by atoms with Crippen molar-refractivity contribution < 1.29 is 52.4 Å². The van der Waals surface area contributed by atoms with Crippen molar-refractivity contribution in [3.05, 3.63) is 355 Å². The molecule has 108 heavy (non-hydrogen) atoms. The maximum Gasteiger partial charge on any atom is 0.0184 e. The molecule has 0 aromatic heterocycles. The predicted molar refractivity (Wildman–Crippen MR) is 482 cm³/mol. The van der Waals surface area contributed by atoms with Gasteiger partial charge in [-0.2, -0.15) is 62.8 Å². The molecule has 16 aromatic carbocycles. The average molecular weight is 1600 g/mol. The van der Waals surface area contributed by atoms with Gasteiger partial charge in [0.1, 0.15) is 0 Å². The third-order valence-electron chi connectivity index (χ3n) is 18.1. The van der Waals surface area contributed by atoms with Crippen LogP contribution in [0.25, 0.3) is 131 Å². The Labute approximate surface area is 697 Å². The molecule has 0 spiro atoms. The number of unbranched alkanes of at least 4 members (excludes halogenated alkanes) is 7. The molecule has 0 fully saturated rings. The van der Waals surface area contributed by atoms with Crippen molar-refractivity contribution in [2.45, 2.75) is 146 Å². The van der Waals surface area contributed by atoms with Gasteiger partial charge in [-0.05, 0) is 65.3 Å². The average Bonchev–Trinajstić information content (AvgIpc) is 1.41. The Bertz CT molecular complexity index is 4470. The van der Waals surface area contributed by atoms with Crippen LogP contribution in [-0.4, -0.2) is 20.5 Å². The Balaban J connectivity index is 0.000000273. The molecule has 0 saturated heterocycles. The van der Waals surface area contributed by atoms with Crippen molar-refractivity contribution in [3.8, 4) is 44.5 Å². The maximum absolute atomic E-state index is 3.70. The van der Waals surface area contributed by atoms with Gasteiger partial charge in [-0.15, -0.1) is 138 Å². The summed E-state index contributed by atoms with van der Waals surface area (Å²) in [7, 11) is 5.94. The summed E-state index contributed by atoms with van der Waals surface area (Å²) in [5.74, 6) is 0. The van der Waals surface area contributed by atoms with Crippen molar-refractivity contribution in [2.75, 3.05) is 0 Å². The molecule has 0 saturated carbocycles. The molecular formula is C104H114Si2Zr2-10. The van der Waals surface area contributed by atoms with E-state index in [1.165, 1.54) is 191 Å². The summed E-state index contributed by atoms with van der Waals surface area (Å²) in [5, 5.41) is 21.2. The van der Waals surface area contributed by atoms with Crippen LogP contribution < -0.4 is 0 Å². The number of fused-ring (bicyclic) bond motifs is 8. The summed E-state index contributed by atoms with van der Waals surface area (Å²) in [6, 6.07) is 105. The molecule has 0 bridgehead atoms. The Kier molecular flexibility index (Phi) is 44.3. The molecule has 0 aliphatic rings. The van der Waals surface area contributed by atoms with Crippen LogP contribution in [0.1, 0.15) is 127 Å². The molecule has 16 aromatic rings. The predicted octanol–water partition coefficient (Wildman–Crippen LogP) is 31.8. The van der Waals surface area contributed by atoms with Crippen LogP contribution >= 0.6 is 0 Å². The molecule has 0 aliphatic heterocycles. The van der Waals surface area contributed by atoms with Crippen LogP contribution in [0.3, 0.4) is 0 Å². The molecule has 0 unspecified atom stereocenters. The van der Waals surface area contributed by atoms with E-state index in [-0.39, 0.29) is 52.4 Å². The number of hydrogen-bond acceptors (Lipinski definition) is 0. The van der Waals surface area contributed by atoms with Crippen LogP contribution in [-0.2, 0) is 52.4 Å². The Morgan fingerprint density at radius 2 is 0.380 bits per heavy atom. The Hall–Kier alpha value is -7.68. The van der Waals surface area contributed by atoms with Gasteiger partial charge in [-0.25, -0.2) is 0 Å². The van der Waals surface area contributed by atoms with E-state index in [0.717, 1.165) is 38.5 Å². The molecule has 0 N–H and O–H groups in total. The molecule has 0 aliphatic carbocycles. The fourth-order valence-corrected chi connectivity index (χ4v) is 12.7. The zero-order valence-electron chi connectivity index (χ0n) is 66.4. The molecule has 556 valence electrons. The number of aryl methyl sites for hydroxylation is 4. The third kappa shape index (κ3) is 26.5. The van der Waals surface area contributed by atoms with E-state index in [0.29, 0.717) is 0 Å². The van der Waals surface area contributed by atoms with Crippen LogP contribution in [0.4, 0.5) is 0 Å². The fourth-order valence-electron chi connectivity index (χ4n) is 12.7. The van der Waals surface area contributed by atoms with Crippen molar-refractivity contribution >= 4 is 107 Å². The van der Waals surface area contributed by atoms with Crippen molar-refractivity contribution in [1.82, 2.24) is 0 Å². The summed E-state index contributed by atoms with van der Waals surface area (Å²) in [5.41, 5.74) is 15.9.